The van der Waals surface area contributed by atoms with Crippen LogP contribution in [-0.4, -0.2) is 45.0 Å². The second-order valence-electron chi connectivity index (χ2n) is 7.10. The van der Waals surface area contributed by atoms with Gasteiger partial charge in [-0.3, -0.25) is 4.79 Å². The maximum atomic E-state index is 12.7. The number of halogens is 5. The molecule has 3 rings (SSSR count). The molecule has 32 heavy (non-hydrogen) atoms. The van der Waals surface area contributed by atoms with Crippen LogP contribution in [0.2, 0.25) is 10.0 Å². The van der Waals surface area contributed by atoms with Gasteiger partial charge in [-0.25, -0.2) is 18.1 Å². The Bertz CT molecular complexity index is 1060. The summed E-state index contributed by atoms with van der Waals surface area (Å²) in [6.07, 6.45) is -3.21. The smallest absolute Gasteiger partial charge is 0.354 e. The summed E-state index contributed by atoms with van der Waals surface area (Å²) >= 11 is 11.8. The number of benzene rings is 1. The second-order valence-corrected chi connectivity index (χ2v) is 9.62. The minimum absolute atomic E-state index is 0.0302. The second kappa shape index (κ2) is 9.82. The lowest BCUT2D eigenvalue weighted by Crippen LogP contribution is -2.39. The number of amides is 1. The van der Waals surface area contributed by atoms with Crippen LogP contribution in [0.25, 0.3) is 0 Å². The van der Waals surface area contributed by atoms with Gasteiger partial charge in [-0.2, -0.15) is 13.2 Å². The summed E-state index contributed by atoms with van der Waals surface area (Å²) in [5, 5.41) is 2.73. The van der Waals surface area contributed by atoms with E-state index in [0.29, 0.717) is 25.3 Å². The molecule has 0 saturated carbocycles. The predicted octanol–water partition coefficient (Wildman–Crippen LogP) is 3.47. The minimum Gasteiger partial charge on any atom is -0.354 e. The molecule has 0 spiro atoms. The highest BCUT2D eigenvalue weighted by atomic mass is 35.5. The van der Waals surface area contributed by atoms with Crippen LogP contribution in [0.3, 0.4) is 0 Å². The Labute approximate surface area is 193 Å². The van der Waals surface area contributed by atoms with Crippen LogP contribution >= 0.6 is 23.2 Å². The maximum Gasteiger partial charge on any atom is 0.417 e. The summed E-state index contributed by atoms with van der Waals surface area (Å²) in [4.78, 5) is 17.6. The maximum absolute atomic E-state index is 12.7. The Morgan fingerprint density at radius 1 is 1.19 bits per heavy atom. The first-order valence-electron chi connectivity index (χ1n) is 9.48. The molecule has 1 aromatic carbocycles. The van der Waals surface area contributed by atoms with Crippen LogP contribution < -0.4 is 14.9 Å². The molecule has 1 atom stereocenters. The summed E-state index contributed by atoms with van der Waals surface area (Å²) in [7, 11) is -3.99. The van der Waals surface area contributed by atoms with E-state index in [2.05, 4.69) is 15.0 Å². The number of sulfonamides is 1. The standard InChI is InChI=1S/C19H19Cl2F3N4O3S/c20-14-2-1-3-15(21)18(14)32(30,31)26-8-6-17(29)27-13-7-9-28(11-13)16-5-4-12(10-25-16)19(22,23)24/h1-5,10,13,26H,6-9,11H2,(H,27,29). The van der Waals surface area contributed by atoms with Crippen molar-refractivity contribution in [3.8, 4) is 0 Å². The first-order valence-corrected chi connectivity index (χ1v) is 11.7. The fourth-order valence-corrected chi connectivity index (χ4v) is 5.41. The molecule has 7 nitrogen and oxygen atoms in total. The number of alkyl halides is 3. The number of carbonyl (C=O) groups is 1. The van der Waals surface area contributed by atoms with Crippen LogP contribution in [0.4, 0.5) is 19.0 Å². The molecule has 1 amide bonds. The molecular weight excluding hydrogens is 492 g/mol. The molecule has 1 aliphatic heterocycles. The number of hydrogen-bond donors (Lipinski definition) is 2. The molecule has 2 aromatic rings. The number of carbonyl (C=O) groups excluding carboxylic acids is 1. The van der Waals surface area contributed by atoms with E-state index < -0.39 is 21.8 Å². The normalized spacial score (nSPS) is 16.9. The highest BCUT2D eigenvalue weighted by Gasteiger charge is 2.31. The van der Waals surface area contributed by atoms with Gasteiger partial charge in [-0.05, 0) is 30.7 Å². The molecule has 0 aliphatic carbocycles. The number of nitrogens with one attached hydrogen (secondary N) is 2. The van der Waals surface area contributed by atoms with E-state index in [9.17, 15) is 26.4 Å². The van der Waals surface area contributed by atoms with E-state index in [1.807, 2.05) is 0 Å². The number of nitrogens with zero attached hydrogens (tertiary/aromatic N) is 2. The third-order valence-corrected chi connectivity index (χ3v) is 7.20. The molecular formula is C19H19Cl2F3N4O3S. The fraction of sp³-hybridized carbons (Fsp3) is 0.368. The first kappa shape index (κ1) is 24.6. The summed E-state index contributed by atoms with van der Waals surface area (Å²) < 4.78 is 65.0. The Morgan fingerprint density at radius 3 is 2.47 bits per heavy atom. The summed E-state index contributed by atoms with van der Waals surface area (Å²) in [5.74, 6) is 0.0179. The SMILES string of the molecule is O=C(CCNS(=O)(=O)c1c(Cl)cccc1Cl)NC1CCN(c2ccc(C(F)(F)F)cn2)C1. The Balaban J connectivity index is 1.48. The van der Waals surface area contributed by atoms with E-state index >= 15 is 0 Å². The molecule has 174 valence electrons. The van der Waals surface area contributed by atoms with Crippen LogP contribution in [0, 0.1) is 0 Å². The van der Waals surface area contributed by atoms with Crippen LogP contribution in [0.15, 0.2) is 41.4 Å². The third-order valence-electron chi connectivity index (χ3n) is 4.78. The van der Waals surface area contributed by atoms with E-state index in [1.54, 1.807) is 4.90 Å². The zero-order valence-corrected chi connectivity index (χ0v) is 18.8. The van der Waals surface area contributed by atoms with E-state index in [0.717, 1.165) is 12.3 Å². The largest absolute Gasteiger partial charge is 0.417 e. The molecule has 2 heterocycles. The molecule has 13 heteroatoms. The lowest BCUT2D eigenvalue weighted by molar-refractivity contribution is -0.137. The van der Waals surface area contributed by atoms with Crippen molar-refractivity contribution in [1.82, 2.24) is 15.0 Å². The van der Waals surface area contributed by atoms with Crippen molar-refractivity contribution in [3.05, 3.63) is 52.1 Å². The van der Waals surface area contributed by atoms with Gasteiger partial charge in [0.05, 0.1) is 15.6 Å². The molecule has 0 radical (unpaired) electrons. The van der Waals surface area contributed by atoms with Gasteiger partial charge in [0, 0.05) is 38.3 Å². The Hall–Kier alpha value is -2.08. The van der Waals surface area contributed by atoms with Gasteiger partial charge in [-0.15, -0.1) is 0 Å². The summed E-state index contributed by atoms with van der Waals surface area (Å²) in [6.45, 7) is 0.735. The van der Waals surface area contributed by atoms with Gasteiger partial charge in [0.25, 0.3) is 0 Å². The van der Waals surface area contributed by atoms with Gasteiger partial charge in [0.1, 0.15) is 10.7 Å². The van der Waals surface area contributed by atoms with Crippen LogP contribution in [0.5, 0.6) is 0 Å². The highest BCUT2D eigenvalue weighted by molar-refractivity contribution is 7.89. The predicted molar refractivity (Wildman–Crippen MR) is 114 cm³/mol. The van der Waals surface area contributed by atoms with Crippen LogP contribution in [-0.2, 0) is 21.0 Å². The number of aromatic nitrogens is 1. The quantitative estimate of drug-likeness (QED) is 0.594. The fourth-order valence-electron chi connectivity index (χ4n) is 3.24. The van der Waals surface area contributed by atoms with Crippen molar-refractivity contribution >= 4 is 45.0 Å². The molecule has 0 bridgehead atoms. The number of hydrogen-bond acceptors (Lipinski definition) is 5. The van der Waals surface area contributed by atoms with Gasteiger partial charge in [-0.1, -0.05) is 29.3 Å². The van der Waals surface area contributed by atoms with Gasteiger partial charge < -0.3 is 10.2 Å². The molecule has 1 aromatic heterocycles. The molecule has 1 aliphatic rings. The van der Waals surface area contributed by atoms with E-state index in [4.69, 9.17) is 23.2 Å². The van der Waals surface area contributed by atoms with Crippen molar-refractivity contribution in [2.75, 3.05) is 24.5 Å². The average Bonchev–Trinajstić information content (AvgIpc) is 3.15. The zero-order valence-electron chi connectivity index (χ0n) is 16.5. The van der Waals surface area contributed by atoms with Gasteiger partial charge >= 0.3 is 6.18 Å². The van der Waals surface area contributed by atoms with Crippen molar-refractivity contribution in [3.63, 3.8) is 0 Å². The van der Waals surface area contributed by atoms with Crippen LogP contribution in [0.1, 0.15) is 18.4 Å². The number of rotatable bonds is 7. The van der Waals surface area contributed by atoms with Crippen molar-refractivity contribution < 1.29 is 26.4 Å². The Kier molecular flexibility index (Phi) is 7.53. The topological polar surface area (TPSA) is 91.4 Å². The molecule has 1 saturated heterocycles. The third kappa shape index (κ3) is 6.03. The minimum atomic E-state index is -4.45. The molecule has 1 fully saturated rings. The van der Waals surface area contributed by atoms with Gasteiger partial charge in [0.15, 0.2) is 0 Å². The van der Waals surface area contributed by atoms with Crippen molar-refractivity contribution in [1.29, 1.82) is 0 Å². The van der Waals surface area contributed by atoms with Crippen molar-refractivity contribution in [2.24, 2.45) is 0 Å². The zero-order chi connectivity index (χ0) is 23.5. The average molecular weight is 511 g/mol. The Morgan fingerprint density at radius 2 is 1.88 bits per heavy atom. The highest BCUT2D eigenvalue weighted by Crippen LogP contribution is 2.30. The molecule has 1 unspecified atom stereocenters. The lowest BCUT2D eigenvalue weighted by Gasteiger charge is -2.18. The number of pyridine rings is 1. The monoisotopic (exact) mass is 510 g/mol. The van der Waals surface area contributed by atoms with E-state index in [1.165, 1.54) is 24.3 Å². The lowest BCUT2D eigenvalue weighted by atomic mass is 10.2. The van der Waals surface area contributed by atoms with Crippen molar-refractivity contribution in [2.45, 2.75) is 30.0 Å². The summed E-state index contributed by atoms with van der Waals surface area (Å²) in [5.41, 5.74) is -0.828. The summed E-state index contributed by atoms with van der Waals surface area (Å²) in [6, 6.07) is 6.33. The molecule has 2 N–H and O–H groups in total. The number of anilines is 1. The van der Waals surface area contributed by atoms with E-state index in [-0.39, 0.29) is 39.9 Å². The first-order chi connectivity index (χ1) is 15.0. The van der Waals surface area contributed by atoms with Gasteiger partial charge in [0.2, 0.25) is 15.9 Å².